The molecule has 1 fully saturated rings. The van der Waals surface area contributed by atoms with Crippen LogP contribution in [0.5, 0.6) is 0 Å². The first kappa shape index (κ1) is 10.6. The summed E-state index contributed by atoms with van der Waals surface area (Å²) in [6.45, 7) is -1.13. The van der Waals surface area contributed by atoms with Gasteiger partial charge in [-0.15, -0.1) is 0 Å². The molecule has 82 valence electrons. The molecule has 1 aliphatic rings. The minimum atomic E-state index is -1.62. The Bertz CT molecular complexity index is 337. The lowest BCUT2D eigenvalue weighted by atomic mass is 10.1. The molecule has 1 aliphatic carbocycles. The third kappa shape index (κ3) is 1.23. The monoisotopic (exact) mass is 210 g/mol. The van der Waals surface area contributed by atoms with E-state index in [4.69, 9.17) is 10.2 Å². The Morgan fingerprint density at radius 3 is 1.80 bits per heavy atom. The Morgan fingerprint density at radius 2 is 1.40 bits per heavy atom. The molecule has 1 aromatic rings. The summed E-state index contributed by atoms with van der Waals surface area (Å²) in [4.78, 5) is 0. The van der Waals surface area contributed by atoms with Gasteiger partial charge in [-0.25, -0.2) is 0 Å². The van der Waals surface area contributed by atoms with Gasteiger partial charge in [-0.2, -0.15) is 0 Å². The molecule has 0 radical (unpaired) electrons. The Morgan fingerprint density at radius 1 is 0.933 bits per heavy atom. The quantitative estimate of drug-likeness (QED) is 0.528. The summed E-state index contributed by atoms with van der Waals surface area (Å²) >= 11 is 0. The van der Waals surface area contributed by atoms with Crippen LogP contribution >= 0.6 is 0 Å². The maximum atomic E-state index is 9.91. The van der Waals surface area contributed by atoms with Gasteiger partial charge in [0.25, 0.3) is 0 Å². The van der Waals surface area contributed by atoms with E-state index in [1.54, 1.807) is 24.3 Å². The summed E-state index contributed by atoms with van der Waals surface area (Å²) in [5.74, 6) is -0.624. The molecule has 0 aromatic heterocycles. The maximum Gasteiger partial charge on any atom is 0.129 e. The lowest BCUT2D eigenvalue weighted by Gasteiger charge is -2.09. The van der Waals surface area contributed by atoms with Crippen LogP contribution in [0.25, 0.3) is 0 Å². The first-order chi connectivity index (χ1) is 7.10. The molecule has 1 saturated carbocycles. The van der Waals surface area contributed by atoms with Crippen molar-refractivity contribution in [3.8, 4) is 0 Å². The molecule has 2 rings (SSSR count). The zero-order chi connectivity index (χ0) is 11.1. The van der Waals surface area contributed by atoms with Crippen LogP contribution in [0, 0.1) is 0 Å². The van der Waals surface area contributed by atoms with E-state index in [1.807, 2.05) is 6.07 Å². The van der Waals surface area contributed by atoms with Crippen molar-refractivity contribution in [3.05, 3.63) is 35.9 Å². The minimum absolute atomic E-state index is 0.566. The van der Waals surface area contributed by atoms with Crippen molar-refractivity contribution in [1.29, 1.82) is 0 Å². The van der Waals surface area contributed by atoms with Crippen molar-refractivity contribution < 1.29 is 20.4 Å². The van der Waals surface area contributed by atoms with Gasteiger partial charge in [0.05, 0.1) is 19.1 Å². The summed E-state index contributed by atoms with van der Waals surface area (Å²) < 4.78 is 0. The van der Waals surface area contributed by atoms with Crippen LogP contribution in [0.4, 0.5) is 0 Å². The molecule has 0 saturated heterocycles. The predicted octanol–water partition coefficient (Wildman–Crippen LogP) is -0.769. The summed E-state index contributed by atoms with van der Waals surface area (Å²) in [6.07, 6.45) is 0. The SMILES string of the molecule is OC[C@]1(O)C(c2ccccc2)[C@@]1(O)CO. The molecule has 0 amide bonds. The third-order valence-electron chi connectivity index (χ3n) is 3.24. The molecule has 0 heterocycles. The van der Waals surface area contributed by atoms with Crippen molar-refractivity contribution in [2.75, 3.05) is 13.2 Å². The Balaban J connectivity index is 2.34. The summed E-state index contributed by atoms with van der Waals surface area (Å²) in [7, 11) is 0. The number of hydrogen-bond acceptors (Lipinski definition) is 4. The number of aliphatic hydroxyl groups excluding tert-OH is 2. The maximum absolute atomic E-state index is 9.91. The lowest BCUT2D eigenvalue weighted by Crippen LogP contribution is -2.31. The molecule has 4 N–H and O–H groups in total. The minimum Gasteiger partial charge on any atom is -0.393 e. The standard InChI is InChI=1S/C11H14O4/c12-6-10(14)9(11(10,15)7-13)8-4-2-1-3-5-8/h1-5,9,12-15H,6-7H2/t10-,11-/m0/s1. The van der Waals surface area contributed by atoms with Crippen LogP contribution in [0.15, 0.2) is 30.3 Å². The van der Waals surface area contributed by atoms with E-state index in [2.05, 4.69) is 0 Å². The fourth-order valence-electron chi connectivity index (χ4n) is 2.22. The van der Waals surface area contributed by atoms with Gasteiger partial charge in [0.1, 0.15) is 11.2 Å². The Hall–Kier alpha value is -0.940. The van der Waals surface area contributed by atoms with Crippen molar-refractivity contribution in [3.63, 3.8) is 0 Å². The zero-order valence-electron chi connectivity index (χ0n) is 8.17. The van der Waals surface area contributed by atoms with Crippen LogP contribution in [-0.2, 0) is 0 Å². The van der Waals surface area contributed by atoms with Crippen LogP contribution in [0.2, 0.25) is 0 Å². The first-order valence-corrected chi connectivity index (χ1v) is 4.81. The van der Waals surface area contributed by atoms with Gasteiger partial charge in [0.15, 0.2) is 0 Å². The van der Waals surface area contributed by atoms with E-state index in [0.29, 0.717) is 5.56 Å². The molecular formula is C11H14O4. The molecule has 4 heteroatoms. The third-order valence-corrected chi connectivity index (χ3v) is 3.24. The fourth-order valence-corrected chi connectivity index (χ4v) is 2.22. The molecule has 15 heavy (non-hydrogen) atoms. The van der Waals surface area contributed by atoms with Crippen LogP contribution < -0.4 is 0 Å². The summed E-state index contributed by atoms with van der Waals surface area (Å²) in [5.41, 5.74) is -2.53. The topological polar surface area (TPSA) is 80.9 Å². The van der Waals surface area contributed by atoms with Crippen LogP contribution in [0.3, 0.4) is 0 Å². The highest BCUT2D eigenvalue weighted by molar-refractivity contribution is 5.42. The second-order valence-corrected chi connectivity index (χ2v) is 4.01. The predicted molar refractivity (Wildman–Crippen MR) is 53.3 cm³/mol. The van der Waals surface area contributed by atoms with Crippen molar-refractivity contribution >= 4 is 0 Å². The molecule has 2 atom stereocenters. The molecule has 1 aromatic carbocycles. The molecular weight excluding hydrogens is 196 g/mol. The fraction of sp³-hybridized carbons (Fsp3) is 0.455. The second-order valence-electron chi connectivity index (χ2n) is 4.01. The van der Waals surface area contributed by atoms with Crippen molar-refractivity contribution in [1.82, 2.24) is 0 Å². The van der Waals surface area contributed by atoms with E-state index >= 15 is 0 Å². The number of rotatable bonds is 3. The van der Waals surface area contributed by atoms with Gasteiger partial charge in [0.2, 0.25) is 0 Å². The summed E-state index contributed by atoms with van der Waals surface area (Å²) in [5, 5.41) is 37.9. The van der Waals surface area contributed by atoms with Crippen LogP contribution in [-0.4, -0.2) is 44.8 Å². The van der Waals surface area contributed by atoms with E-state index in [1.165, 1.54) is 0 Å². The smallest absolute Gasteiger partial charge is 0.129 e. The largest absolute Gasteiger partial charge is 0.393 e. The molecule has 4 nitrogen and oxygen atoms in total. The molecule has 0 bridgehead atoms. The van der Waals surface area contributed by atoms with Gasteiger partial charge in [-0.1, -0.05) is 30.3 Å². The van der Waals surface area contributed by atoms with Crippen molar-refractivity contribution in [2.24, 2.45) is 0 Å². The number of benzene rings is 1. The van der Waals surface area contributed by atoms with Gasteiger partial charge in [0, 0.05) is 0 Å². The van der Waals surface area contributed by atoms with E-state index < -0.39 is 30.3 Å². The molecule has 0 aliphatic heterocycles. The summed E-state index contributed by atoms with van der Waals surface area (Å²) in [6, 6.07) is 8.88. The van der Waals surface area contributed by atoms with Gasteiger partial charge < -0.3 is 20.4 Å². The average Bonchev–Trinajstić information content (AvgIpc) is 2.79. The number of aliphatic hydroxyl groups is 4. The van der Waals surface area contributed by atoms with Crippen LogP contribution in [0.1, 0.15) is 11.5 Å². The molecule has 0 unspecified atom stereocenters. The highest BCUT2D eigenvalue weighted by Gasteiger charge is 2.76. The molecule has 0 spiro atoms. The highest BCUT2D eigenvalue weighted by Crippen LogP contribution is 2.60. The van der Waals surface area contributed by atoms with Crippen molar-refractivity contribution in [2.45, 2.75) is 17.1 Å². The highest BCUT2D eigenvalue weighted by atomic mass is 16.4. The van der Waals surface area contributed by atoms with Gasteiger partial charge in [-0.05, 0) is 5.56 Å². The van der Waals surface area contributed by atoms with Gasteiger partial charge in [-0.3, -0.25) is 0 Å². The number of hydrogen-bond donors (Lipinski definition) is 4. The Kier molecular flexibility index (Phi) is 2.31. The second kappa shape index (κ2) is 3.28. The average molecular weight is 210 g/mol. The lowest BCUT2D eigenvalue weighted by molar-refractivity contribution is -0.0388. The Labute approximate surface area is 87.4 Å². The first-order valence-electron chi connectivity index (χ1n) is 4.81. The van der Waals surface area contributed by atoms with Gasteiger partial charge >= 0.3 is 0 Å². The zero-order valence-corrected chi connectivity index (χ0v) is 8.17. The van der Waals surface area contributed by atoms with E-state index in [0.717, 1.165) is 0 Å². The van der Waals surface area contributed by atoms with E-state index in [-0.39, 0.29) is 0 Å². The normalized spacial score (nSPS) is 39.1. The van der Waals surface area contributed by atoms with E-state index in [9.17, 15) is 10.2 Å².